The van der Waals surface area contributed by atoms with Crippen LogP contribution >= 0.6 is 15.9 Å². The van der Waals surface area contributed by atoms with Gasteiger partial charge in [-0.25, -0.2) is 4.39 Å². The highest BCUT2D eigenvalue weighted by Crippen LogP contribution is 2.19. The Morgan fingerprint density at radius 1 is 1.53 bits per heavy atom. The molecule has 15 heavy (non-hydrogen) atoms. The molecule has 1 unspecified atom stereocenters. The van der Waals surface area contributed by atoms with Crippen LogP contribution in [-0.2, 0) is 4.79 Å². The van der Waals surface area contributed by atoms with Crippen molar-refractivity contribution in [1.82, 2.24) is 5.32 Å². The second-order valence-electron chi connectivity index (χ2n) is 3.12. The molecule has 1 rings (SSSR count). The summed E-state index contributed by atoms with van der Waals surface area (Å²) in [7, 11) is 1.67. The van der Waals surface area contributed by atoms with E-state index in [1.54, 1.807) is 20.0 Å². The van der Waals surface area contributed by atoms with Crippen LogP contribution in [0.2, 0.25) is 0 Å². The topological polar surface area (TPSA) is 41.1 Å². The Morgan fingerprint density at radius 2 is 2.20 bits per heavy atom. The number of carbonyl (C=O) groups is 1. The van der Waals surface area contributed by atoms with E-state index >= 15 is 0 Å². The number of anilines is 1. The number of hydrogen-bond acceptors (Lipinski definition) is 2. The van der Waals surface area contributed by atoms with Crippen molar-refractivity contribution in [3.63, 3.8) is 0 Å². The third-order valence-corrected chi connectivity index (χ3v) is 2.51. The molecular formula is C10H12BrFN2O. The van der Waals surface area contributed by atoms with Gasteiger partial charge in [0.15, 0.2) is 0 Å². The molecule has 1 atom stereocenters. The molecule has 0 aromatic heterocycles. The number of hydrogen-bond donors (Lipinski definition) is 2. The average Bonchev–Trinajstić information content (AvgIpc) is 2.22. The molecule has 0 spiro atoms. The van der Waals surface area contributed by atoms with Crippen LogP contribution in [0, 0.1) is 5.82 Å². The molecule has 82 valence electrons. The summed E-state index contributed by atoms with van der Waals surface area (Å²) >= 11 is 3.21. The first-order valence-electron chi connectivity index (χ1n) is 4.47. The van der Waals surface area contributed by atoms with Crippen LogP contribution in [0.1, 0.15) is 6.92 Å². The van der Waals surface area contributed by atoms with Gasteiger partial charge in [-0.2, -0.15) is 0 Å². The van der Waals surface area contributed by atoms with Gasteiger partial charge in [0.2, 0.25) is 5.91 Å². The summed E-state index contributed by atoms with van der Waals surface area (Å²) < 4.78 is 14.0. The van der Waals surface area contributed by atoms with Crippen LogP contribution in [0.3, 0.4) is 0 Å². The maximum atomic E-state index is 13.2. The van der Waals surface area contributed by atoms with Crippen molar-refractivity contribution in [3.8, 4) is 0 Å². The van der Waals surface area contributed by atoms with Crippen molar-refractivity contribution < 1.29 is 9.18 Å². The zero-order valence-electron chi connectivity index (χ0n) is 8.47. The summed E-state index contributed by atoms with van der Waals surface area (Å²) in [6.07, 6.45) is 0. The van der Waals surface area contributed by atoms with E-state index in [2.05, 4.69) is 26.6 Å². The van der Waals surface area contributed by atoms with Gasteiger partial charge in [-0.15, -0.1) is 0 Å². The summed E-state index contributed by atoms with van der Waals surface area (Å²) in [4.78, 5) is 11.5. The van der Waals surface area contributed by atoms with E-state index in [4.69, 9.17) is 0 Å². The standard InChI is InChI=1S/C10H12BrFN2O/c1-6(13-2)10(15)14-9-5-7(11)3-4-8(9)12/h3-6,13H,1-2H3,(H,14,15). The molecule has 5 heteroatoms. The summed E-state index contributed by atoms with van der Waals surface area (Å²) in [5.74, 6) is -0.718. The van der Waals surface area contributed by atoms with Crippen molar-refractivity contribution in [3.05, 3.63) is 28.5 Å². The van der Waals surface area contributed by atoms with Crippen LogP contribution in [0.5, 0.6) is 0 Å². The van der Waals surface area contributed by atoms with E-state index < -0.39 is 5.82 Å². The summed E-state index contributed by atoms with van der Waals surface area (Å²) in [6, 6.07) is 4.04. The van der Waals surface area contributed by atoms with Gasteiger partial charge < -0.3 is 10.6 Å². The average molecular weight is 275 g/mol. The van der Waals surface area contributed by atoms with Crippen LogP contribution in [-0.4, -0.2) is 19.0 Å². The van der Waals surface area contributed by atoms with Gasteiger partial charge in [0.05, 0.1) is 11.7 Å². The number of halogens is 2. The largest absolute Gasteiger partial charge is 0.322 e. The monoisotopic (exact) mass is 274 g/mol. The summed E-state index contributed by atoms with van der Waals surface area (Å²) in [5.41, 5.74) is 0.177. The number of amides is 1. The summed E-state index contributed by atoms with van der Waals surface area (Å²) in [6.45, 7) is 1.70. The third kappa shape index (κ3) is 3.28. The lowest BCUT2D eigenvalue weighted by Gasteiger charge is -2.11. The molecule has 0 radical (unpaired) electrons. The van der Waals surface area contributed by atoms with E-state index in [1.165, 1.54) is 12.1 Å². The maximum Gasteiger partial charge on any atom is 0.241 e. The number of likely N-dealkylation sites (N-methyl/N-ethyl adjacent to an activating group) is 1. The Hall–Kier alpha value is -0.940. The first-order valence-corrected chi connectivity index (χ1v) is 5.27. The van der Waals surface area contributed by atoms with Crippen LogP contribution in [0.4, 0.5) is 10.1 Å². The van der Waals surface area contributed by atoms with Gasteiger partial charge in [-0.1, -0.05) is 15.9 Å². The fourth-order valence-corrected chi connectivity index (χ4v) is 1.33. The van der Waals surface area contributed by atoms with Crippen molar-refractivity contribution in [2.75, 3.05) is 12.4 Å². The quantitative estimate of drug-likeness (QED) is 0.887. The van der Waals surface area contributed by atoms with Crippen LogP contribution in [0.15, 0.2) is 22.7 Å². The fraction of sp³-hybridized carbons (Fsp3) is 0.300. The molecule has 0 aliphatic heterocycles. The summed E-state index contributed by atoms with van der Waals surface area (Å²) in [5, 5.41) is 5.27. The first-order chi connectivity index (χ1) is 7.04. The molecule has 0 fully saturated rings. The molecule has 0 heterocycles. The SMILES string of the molecule is CNC(C)C(=O)Nc1cc(Br)ccc1F. The molecule has 3 nitrogen and oxygen atoms in total. The Balaban J connectivity index is 2.80. The molecular weight excluding hydrogens is 263 g/mol. The van der Waals surface area contributed by atoms with Gasteiger partial charge in [-0.3, -0.25) is 4.79 Å². The van der Waals surface area contributed by atoms with Gasteiger partial charge in [0.25, 0.3) is 0 Å². The zero-order valence-corrected chi connectivity index (χ0v) is 10.1. The van der Waals surface area contributed by atoms with Crippen molar-refractivity contribution in [2.24, 2.45) is 0 Å². The van der Waals surface area contributed by atoms with Gasteiger partial charge in [-0.05, 0) is 32.2 Å². The number of rotatable bonds is 3. The molecule has 1 aromatic carbocycles. The highest BCUT2D eigenvalue weighted by Gasteiger charge is 2.12. The Labute approximate surface area is 96.2 Å². The predicted octanol–water partition coefficient (Wildman–Crippen LogP) is 2.13. The molecule has 0 saturated heterocycles. The van der Waals surface area contributed by atoms with E-state index in [1.807, 2.05) is 0 Å². The third-order valence-electron chi connectivity index (χ3n) is 2.01. The van der Waals surface area contributed by atoms with E-state index in [-0.39, 0.29) is 17.6 Å². The first kappa shape index (κ1) is 12.1. The second-order valence-corrected chi connectivity index (χ2v) is 4.04. The Morgan fingerprint density at radius 3 is 2.80 bits per heavy atom. The lowest BCUT2D eigenvalue weighted by molar-refractivity contribution is -0.117. The fourth-order valence-electron chi connectivity index (χ4n) is 0.965. The number of benzene rings is 1. The molecule has 0 bridgehead atoms. The van der Waals surface area contributed by atoms with E-state index in [0.717, 1.165) is 4.47 Å². The minimum atomic E-state index is -0.449. The van der Waals surface area contributed by atoms with Gasteiger partial charge >= 0.3 is 0 Å². The maximum absolute atomic E-state index is 13.2. The Kier molecular flexibility index (Phi) is 4.23. The Bertz CT molecular complexity index is 370. The molecule has 0 saturated carbocycles. The zero-order chi connectivity index (χ0) is 11.4. The van der Waals surface area contributed by atoms with E-state index in [0.29, 0.717) is 0 Å². The lowest BCUT2D eigenvalue weighted by atomic mass is 10.2. The molecule has 2 N–H and O–H groups in total. The highest BCUT2D eigenvalue weighted by atomic mass is 79.9. The minimum Gasteiger partial charge on any atom is -0.322 e. The number of carbonyl (C=O) groups excluding carboxylic acids is 1. The van der Waals surface area contributed by atoms with Crippen LogP contribution in [0.25, 0.3) is 0 Å². The molecule has 0 aliphatic rings. The predicted molar refractivity (Wildman–Crippen MR) is 61.3 cm³/mol. The molecule has 0 aliphatic carbocycles. The van der Waals surface area contributed by atoms with Crippen LogP contribution < -0.4 is 10.6 Å². The lowest BCUT2D eigenvalue weighted by Crippen LogP contribution is -2.35. The van der Waals surface area contributed by atoms with Crippen molar-refractivity contribution in [1.29, 1.82) is 0 Å². The second kappa shape index (κ2) is 5.23. The number of nitrogens with one attached hydrogen (secondary N) is 2. The van der Waals surface area contributed by atoms with E-state index in [9.17, 15) is 9.18 Å². The van der Waals surface area contributed by atoms with Crippen molar-refractivity contribution >= 4 is 27.5 Å². The molecule has 1 aromatic rings. The normalized spacial score (nSPS) is 12.3. The molecule has 1 amide bonds. The highest BCUT2D eigenvalue weighted by molar-refractivity contribution is 9.10. The van der Waals surface area contributed by atoms with Crippen molar-refractivity contribution in [2.45, 2.75) is 13.0 Å². The minimum absolute atomic E-state index is 0.177. The van der Waals surface area contributed by atoms with Gasteiger partial charge in [0.1, 0.15) is 5.82 Å². The smallest absolute Gasteiger partial charge is 0.241 e. The van der Waals surface area contributed by atoms with Gasteiger partial charge in [0, 0.05) is 4.47 Å².